The van der Waals surface area contributed by atoms with E-state index in [1.807, 2.05) is 0 Å². The van der Waals surface area contributed by atoms with Crippen LogP contribution < -0.4 is 20.1 Å². The Labute approximate surface area is 177 Å². The highest BCUT2D eigenvalue weighted by molar-refractivity contribution is 6.09. The van der Waals surface area contributed by atoms with E-state index in [1.54, 1.807) is 25.1 Å². The molecule has 0 aliphatic carbocycles. The number of nitrogens with one attached hydrogen (secondary N) is 2. The molecule has 8 heteroatoms. The highest BCUT2D eigenvalue weighted by Gasteiger charge is 2.49. The van der Waals surface area contributed by atoms with E-state index in [0.29, 0.717) is 42.7 Å². The first kappa shape index (κ1) is 21.9. The summed E-state index contributed by atoms with van der Waals surface area (Å²) in [6, 6.07) is 4.58. The third-order valence-corrected chi connectivity index (χ3v) is 5.83. The first-order chi connectivity index (χ1) is 14.4. The van der Waals surface area contributed by atoms with Gasteiger partial charge in [-0.2, -0.15) is 0 Å². The minimum Gasteiger partial charge on any atom is -0.486 e. The molecule has 1 fully saturated rings. The van der Waals surface area contributed by atoms with Crippen molar-refractivity contribution in [3.63, 3.8) is 0 Å². The molecule has 0 unspecified atom stereocenters. The second-order valence-electron chi connectivity index (χ2n) is 8.03. The van der Waals surface area contributed by atoms with Crippen LogP contribution in [-0.2, 0) is 15.1 Å². The smallest absolute Gasteiger partial charge is 0.325 e. The fraction of sp³-hybridized carbons (Fsp3) is 0.591. The van der Waals surface area contributed by atoms with E-state index in [1.165, 1.54) is 0 Å². The van der Waals surface area contributed by atoms with Crippen LogP contribution in [0.4, 0.5) is 4.79 Å². The molecular weight excluding hydrogens is 386 g/mol. The fourth-order valence-electron chi connectivity index (χ4n) is 3.79. The Balaban J connectivity index is 1.65. The molecule has 3 rings (SSSR count). The second-order valence-corrected chi connectivity index (χ2v) is 8.03. The number of amides is 4. The lowest BCUT2D eigenvalue weighted by Gasteiger charge is -2.25. The van der Waals surface area contributed by atoms with E-state index in [2.05, 4.69) is 24.5 Å². The molecule has 4 amide bonds. The number of hydrogen-bond donors (Lipinski definition) is 2. The molecule has 164 valence electrons. The Bertz CT molecular complexity index is 812. The van der Waals surface area contributed by atoms with Gasteiger partial charge in [0.15, 0.2) is 11.5 Å². The molecule has 8 nitrogen and oxygen atoms in total. The summed E-state index contributed by atoms with van der Waals surface area (Å²) in [5, 5.41) is 5.59. The molecule has 2 aliphatic rings. The summed E-state index contributed by atoms with van der Waals surface area (Å²) in [7, 11) is 0. The lowest BCUT2D eigenvalue weighted by Crippen LogP contribution is -2.44. The van der Waals surface area contributed by atoms with Gasteiger partial charge in [0.1, 0.15) is 25.3 Å². The van der Waals surface area contributed by atoms with Crippen LogP contribution in [0.25, 0.3) is 0 Å². The molecule has 1 aromatic carbocycles. The quantitative estimate of drug-likeness (QED) is 0.602. The molecule has 1 aromatic rings. The Hall–Kier alpha value is -2.77. The van der Waals surface area contributed by atoms with Crippen molar-refractivity contribution >= 4 is 17.8 Å². The summed E-state index contributed by atoms with van der Waals surface area (Å²) < 4.78 is 11.1. The van der Waals surface area contributed by atoms with E-state index < -0.39 is 17.5 Å². The van der Waals surface area contributed by atoms with E-state index in [0.717, 1.165) is 30.6 Å². The number of carbonyl (C=O) groups is 3. The number of fused-ring (bicyclic) bond motifs is 1. The molecular formula is C22H31N3O5. The Morgan fingerprint density at radius 2 is 1.97 bits per heavy atom. The third-order valence-electron chi connectivity index (χ3n) is 5.83. The van der Waals surface area contributed by atoms with Crippen molar-refractivity contribution in [2.45, 2.75) is 52.0 Å². The van der Waals surface area contributed by atoms with Crippen molar-refractivity contribution in [1.82, 2.24) is 15.5 Å². The van der Waals surface area contributed by atoms with Gasteiger partial charge < -0.3 is 20.1 Å². The highest BCUT2D eigenvalue weighted by atomic mass is 16.6. The molecule has 0 saturated carbocycles. The predicted molar refractivity (Wildman–Crippen MR) is 111 cm³/mol. The standard InChI is InChI=1S/C22H31N3O5/c1-4-6-7-15(5-2)13-23-19(26)14-25-20(27)22(3,24-21(25)28)16-8-9-17-18(12-16)30-11-10-29-17/h8-9,12,15H,4-7,10-11,13-14H2,1-3H3,(H,23,26)(H,24,28)/t15-,22-/m1/s1. The molecule has 2 N–H and O–H groups in total. The van der Waals surface area contributed by atoms with E-state index in [9.17, 15) is 14.4 Å². The van der Waals surface area contributed by atoms with Crippen LogP contribution in [0.15, 0.2) is 18.2 Å². The summed E-state index contributed by atoms with van der Waals surface area (Å²) in [4.78, 5) is 38.9. The first-order valence-corrected chi connectivity index (χ1v) is 10.7. The fourth-order valence-corrected chi connectivity index (χ4v) is 3.79. The lowest BCUT2D eigenvalue weighted by molar-refractivity contribution is -0.134. The number of unbranched alkanes of at least 4 members (excludes halogenated alkanes) is 1. The second kappa shape index (κ2) is 9.36. The average Bonchev–Trinajstić information content (AvgIpc) is 2.97. The van der Waals surface area contributed by atoms with Crippen molar-refractivity contribution in [3.8, 4) is 11.5 Å². The summed E-state index contributed by atoms with van der Waals surface area (Å²) in [6.07, 6.45) is 4.27. The van der Waals surface area contributed by atoms with Crippen molar-refractivity contribution < 1.29 is 23.9 Å². The van der Waals surface area contributed by atoms with Crippen LogP contribution in [0.3, 0.4) is 0 Å². The van der Waals surface area contributed by atoms with Crippen LogP contribution in [-0.4, -0.2) is 49.0 Å². The van der Waals surface area contributed by atoms with Gasteiger partial charge in [-0.05, 0) is 37.0 Å². The molecule has 30 heavy (non-hydrogen) atoms. The number of imide groups is 1. The van der Waals surface area contributed by atoms with E-state index in [4.69, 9.17) is 9.47 Å². The van der Waals surface area contributed by atoms with Crippen LogP contribution in [0, 0.1) is 5.92 Å². The highest BCUT2D eigenvalue weighted by Crippen LogP contribution is 2.36. The van der Waals surface area contributed by atoms with E-state index >= 15 is 0 Å². The predicted octanol–water partition coefficient (Wildman–Crippen LogP) is 2.56. The van der Waals surface area contributed by atoms with Gasteiger partial charge in [0.05, 0.1) is 0 Å². The van der Waals surface area contributed by atoms with Gasteiger partial charge in [-0.1, -0.05) is 39.2 Å². The van der Waals surface area contributed by atoms with Gasteiger partial charge in [-0.25, -0.2) is 4.79 Å². The Morgan fingerprint density at radius 3 is 2.67 bits per heavy atom. The summed E-state index contributed by atoms with van der Waals surface area (Å²) in [5.41, 5.74) is -0.682. The van der Waals surface area contributed by atoms with Crippen molar-refractivity contribution in [2.24, 2.45) is 5.92 Å². The number of nitrogens with zero attached hydrogens (tertiary/aromatic N) is 1. The summed E-state index contributed by atoms with van der Waals surface area (Å²) in [5.74, 6) is 0.753. The van der Waals surface area contributed by atoms with Gasteiger partial charge in [-0.3, -0.25) is 14.5 Å². The van der Waals surface area contributed by atoms with Crippen molar-refractivity contribution in [2.75, 3.05) is 26.3 Å². The number of benzene rings is 1. The van der Waals surface area contributed by atoms with Crippen molar-refractivity contribution in [1.29, 1.82) is 0 Å². The summed E-state index contributed by atoms with van der Waals surface area (Å²) in [6.45, 7) is 7.03. The van der Waals surface area contributed by atoms with Gasteiger partial charge in [-0.15, -0.1) is 0 Å². The van der Waals surface area contributed by atoms with Gasteiger partial charge in [0, 0.05) is 6.54 Å². The molecule has 2 atom stereocenters. The van der Waals surface area contributed by atoms with Gasteiger partial charge in [0.25, 0.3) is 5.91 Å². The number of urea groups is 1. The van der Waals surface area contributed by atoms with Crippen LogP contribution >= 0.6 is 0 Å². The lowest BCUT2D eigenvalue weighted by atomic mass is 9.91. The number of ether oxygens (including phenoxy) is 2. The molecule has 0 aromatic heterocycles. The molecule has 2 heterocycles. The van der Waals surface area contributed by atoms with Crippen LogP contribution in [0.2, 0.25) is 0 Å². The van der Waals surface area contributed by atoms with Crippen molar-refractivity contribution in [3.05, 3.63) is 23.8 Å². The Kier molecular flexibility index (Phi) is 6.84. The zero-order valence-electron chi connectivity index (χ0n) is 18.0. The van der Waals surface area contributed by atoms with Crippen LogP contribution in [0.5, 0.6) is 11.5 Å². The number of hydrogen-bond acceptors (Lipinski definition) is 5. The molecule has 0 bridgehead atoms. The number of carbonyl (C=O) groups excluding carboxylic acids is 3. The zero-order valence-corrected chi connectivity index (χ0v) is 18.0. The Morgan fingerprint density at radius 1 is 1.23 bits per heavy atom. The van der Waals surface area contributed by atoms with Gasteiger partial charge in [0.2, 0.25) is 5.91 Å². The maximum Gasteiger partial charge on any atom is 0.325 e. The normalized spacial score (nSPS) is 21.4. The average molecular weight is 418 g/mol. The molecule has 1 saturated heterocycles. The molecule has 2 aliphatic heterocycles. The van der Waals surface area contributed by atoms with E-state index in [-0.39, 0.29) is 12.5 Å². The minimum atomic E-state index is -1.26. The third kappa shape index (κ3) is 4.52. The molecule has 0 spiro atoms. The largest absolute Gasteiger partial charge is 0.486 e. The zero-order chi connectivity index (χ0) is 21.7. The SMILES string of the molecule is CCCC[C@@H](CC)CNC(=O)CN1C(=O)N[C@](C)(c2ccc3c(c2)OCCO3)C1=O. The molecule has 0 radical (unpaired) electrons. The maximum absolute atomic E-state index is 13.1. The first-order valence-electron chi connectivity index (χ1n) is 10.7. The topological polar surface area (TPSA) is 97.0 Å². The van der Waals surface area contributed by atoms with Crippen LogP contribution in [0.1, 0.15) is 52.0 Å². The van der Waals surface area contributed by atoms with Gasteiger partial charge >= 0.3 is 6.03 Å². The number of rotatable bonds is 9. The monoisotopic (exact) mass is 417 g/mol. The minimum absolute atomic E-state index is 0.297. The summed E-state index contributed by atoms with van der Waals surface area (Å²) >= 11 is 0. The maximum atomic E-state index is 13.1.